The van der Waals surface area contributed by atoms with Crippen molar-refractivity contribution in [3.63, 3.8) is 0 Å². The number of hydrogen-bond donors (Lipinski definition) is 1. The van der Waals surface area contributed by atoms with Crippen LogP contribution >= 0.6 is 0 Å². The maximum atomic E-state index is 12.8. The van der Waals surface area contributed by atoms with E-state index in [2.05, 4.69) is 14.7 Å². The predicted molar refractivity (Wildman–Crippen MR) is 111 cm³/mol. The summed E-state index contributed by atoms with van der Waals surface area (Å²) in [5.41, 5.74) is 5.13. The van der Waals surface area contributed by atoms with Crippen molar-refractivity contribution in [3.05, 3.63) is 108 Å². The van der Waals surface area contributed by atoms with Crippen LogP contribution in [0.15, 0.2) is 85.1 Å². The summed E-state index contributed by atoms with van der Waals surface area (Å²) in [6, 6.07) is 26.0. The summed E-state index contributed by atoms with van der Waals surface area (Å²) >= 11 is 0. The van der Waals surface area contributed by atoms with Gasteiger partial charge in [0.1, 0.15) is 5.65 Å². The van der Waals surface area contributed by atoms with Crippen molar-refractivity contribution in [2.24, 2.45) is 0 Å². The van der Waals surface area contributed by atoms with E-state index in [9.17, 15) is 4.79 Å². The number of rotatable bonds is 6. The fourth-order valence-electron chi connectivity index (χ4n) is 3.58. The average molecular weight is 369 g/mol. The van der Waals surface area contributed by atoms with Crippen LogP contribution in [-0.4, -0.2) is 15.3 Å². The van der Waals surface area contributed by atoms with E-state index >= 15 is 0 Å². The maximum Gasteiger partial charge on any atom is 0.221 e. The summed E-state index contributed by atoms with van der Waals surface area (Å²) < 4.78 is 2.06. The molecule has 2 aromatic carbocycles. The molecule has 2 heterocycles. The van der Waals surface area contributed by atoms with Crippen molar-refractivity contribution in [2.45, 2.75) is 25.8 Å². The van der Waals surface area contributed by atoms with E-state index in [-0.39, 0.29) is 11.9 Å². The Labute approximate surface area is 164 Å². The number of pyridine rings is 1. The molecule has 140 valence electrons. The Kier molecular flexibility index (Phi) is 5.20. The van der Waals surface area contributed by atoms with Crippen LogP contribution in [0.3, 0.4) is 0 Å². The zero-order chi connectivity index (χ0) is 19.3. The van der Waals surface area contributed by atoms with Gasteiger partial charge in [-0.1, -0.05) is 66.7 Å². The first-order valence-corrected chi connectivity index (χ1v) is 9.54. The number of carbonyl (C=O) groups excluding carboxylic acids is 1. The van der Waals surface area contributed by atoms with Gasteiger partial charge in [-0.2, -0.15) is 0 Å². The monoisotopic (exact) mass is 369 g/mol. The Hall–Kier alpha value is -3.40. The number of nitrogens with one attached hydrogen (secondary N) is 1. The lowest BCUT2D eigenvalue weighted by atomic mass is 9.98. The maximum absolute atomic E-state index is 12.8. The largest absolute Gasteiger partial charge is 0.345 e. The van der Waals surface area contributed by atoms with E-state index < -0.39 is 0 Å². The molecule has 0 saturated heterocycles. The van der Waals surface area contributed by atoms with Crippen molar-refractivity contribution in [3.8, 4) is 0 Å². The van der Waals surface area contributed by atoms with Gasteiger partial charge in [0.05, 0.1) is 11.7 Å². The Bertz CT molecular complexity index is 1030. The minimum absolute atomic E-state index is 0.0305. The molecule has 4 aromatic rings. The van der Waals surface area contributed by atoms with Gasteiger partial charge in [0.2, 0.25) is 5.91 Å². The van der Waals surface area contributed by atoms with Crippen LogP contribution in [0.2, 0.25) is 0 Å². The minimum atomic E-state index is -0.154. The summed E-state index contributed by atoms with van der Waals surface area (Å²) in [6.45, 7) is 2.00. The molecule has 0 aliphatic heterocycles. The van der Waals surface area contributed by atoms with Gasteiger partial charge in [0, 0.05) is 18.3 Å². The summed E-state index contributed by atoms with van der Waals surface area (Å²) in [5.74, 6) is 0.0305. The molecule has 4 rings (SSSR count). The van der Waals surface area contributed by atoms with E-state index in [1.54, 1.807) is 0 Å². The smallest absolute Gasteiger partial charge is 0.221 e. The molecular formula is C24H23N3O. The third-order valence-corrected chi connectivity index (χ3v) is 4.99. The number of fused-ring (bicyclic) bond motifs is 1. The van der Waals surface area contributed by atoms with Crippen LogP contribution in [0.4, 0.5) is 0 Å². The van der Waals surface area contributed by atoms with Gasteiger partial charge >= 0.3 is 0 Å². The zero-order valence-electron chi connectivity index (χ0n) is 15.9. The molecule has 0 saturated carbocycles. The predicted octanol–water partition coefficient (Wildman–Crippen LogP) is 4.48. The first kappa shape index (κ1) is 18.0. The molecule has 4 heteroatoms. The van der Waals surface area contributed by atoms with E-state index in [4.69, 9.17) is 0 Å². The summed E-state index contributed by atoms with van der Waals surface area (Å²) in [4.78, 5) is 17.4. The molecule has 0 fully saturated rings. The molecule has 0 radical (unpaired) electrons. The zero-order valence-corrected chi connectivity index (χ0v) is 15.9. The summed E-state index contributed by atoms with van der Waals surface area (Å²) in [6.07, 6.45) is 3.07. The van der Waals surface area contributed by atoms with Gasteiger partial charge in [-0.15, -0.1) is 0 Å². The van der Waals surface area contributed by atoms with Crippen molar-refractivity contribution in [1.29, 1.82) is 0 Å². The number of hydrogen-bond acceptors (Lipinski definition) is 2. The molecule has 1 amide bonds. The van der Waals surface area contributed by atoms with Crippen LogP contribution in [0.25, 0.3) is 5.65 Å². The fourth-order valence-corrected chi connectivity index (χ4v) is 3.58. The van der Waals surface area contributed by atoms with Crippen LogP contribution in [0, 0.1) is 6.92 Å². The molecule has 4 nitrogen and oxygen atoms in total. The third-order valence-electron chi connectivity index (χ3n) is 4.99. The molecular weight excluding hydrogens is 346 g/mol. The Balaban J connectivity index is 1.51. The molecule has 1 N–H and O–H groups in total. The van der Waals surface area contributed by atoms with Crippen LogP contribution in [0.5, 0.6) is 0 Å². The Morgan fingerprint density at radius 3 is 2.18 bits per heavy atom. The highest BCUT2D eigenvalue weighted by Crippen LogP contribution is 2.22. The second kappa shape index (κ2) is 8.09. The summed E-state index contributed by atoms with van der Waals surface area (Å²) in [7, 11) is 0. The lowest BCUT2D eigenvalue weighted by Gasteiger charge is -2.20. The van der Waals surface area contributed by atoms with Crippen molar-refractivity contribution in [1.82, 2.24) is 14.7 Å². The van der Waals surface area contributed by atoms with Gasteiger partial charge in [-0.25, -0.2) is 4.98 Å². The molecule has 0 aliphatic rings. The van der Waals surface area contributed by atoms with E-state index in [1.165, 1.54) is 0 Å². The SMILES string of the molecule is Cc1nc2ccccn2c1CCC(=O)NC(c1ccccc1)c1ccccc1. The molecule has 2 aromatic heterocycles. The highest BCUT2D eigenvalue weighted by Gasteiger charge is 2.17. The molecule has 0 aliphatic carbocycles. The highest BCUT2D eigenvalue weighted by molar-refractivity contribution is 5.77. The van der Waals surface area contributed by atoms with Gasteiger partial charge in [0.15, 0.2) is 0 Å². The fraction of sp³-hybridized carbons (Fsp3) is 0.167. The Morgan fingerprint density at radius 1 is 0.929 bits per heavy atom. The van der Waals surface area contributed by atoms with E-state index in [0.717, 1.165) is 28.2 Å². The van der Waals surface area contributed by atoms with Gasteiger partial charge in [0.25, 0.3) is 0 Å². The van der Waals surface area contributed by atoms with Crippen LogP contribution < -0.4 is 5.32 Å². The number of aryl methyl sites for hydroxylation is 2. The van der Waals surface area contributed by atoms with Crippen molar-refractivity contribution in [2.75, 3.05) is 0 Å². The average Bonchev–Trinajstić information content (AvgIpc) is 3.06. The van der Waals surface area contributed by atoms with Gasteiger partial charge < -0.3 is 9.72 Å². The highest BCUT2D eigenvalue weighted by atomic mass is 16.1. The van der Waals surface area contributed by atoms with Crippen LogP contribution in [0.1, 0.15) is 35.0 Å². The van der Waals surface area contributed by atoms with Gasteiger partial charge in [-0.3, -0.25) is 4.79 Å². The number of amides is 1. The molecule has 0 spiro atoms. The molecule has 0 atom stereocenters. The lowest BCUT2D eigenvalue weighted by molar-refractivity contribution is -0.121. The minimum Gasteiger partial charge on any atom is -0.345 e. The first-order valence-electron chi connectivity index (χ1n) is 9.54. The quantitative estimate of drug-likeness (QED) is 0.545. The number of imidazole rings is 1. The third kappa shape index (κ3) is 3.81. The second-order valence-electron chi connectivity index (χ2n) is 6.89. The number of aromatic nitrogens is 2. The normalized spacial score (nSPS) is 11.1. The molecule has 0 unspecified atom stereocenters. The van der Waals surface area contributed by atoms with Crippen molar-refractivity contribution >= 4 is 11.6 Å². The van der Waals surface area contributed by atoms with E-state index in [0.29, 0.717) is 12.8 Å². The molecule has 0 bridgehead atoms. The Morgan fingerprint density at radius 2 is 1.54 bits per heavy atom. The standard InChI is InChI=1S/C24H23N3O/c1-18-21(27-17-9-8-14-22(27)25-18)15-16-23(28)26-24(19-10-4-2-5-11-19)20-12-6-3-7-13-20/h2-14,17,24H,15-16H2,1H3,(H,26,28). The summed E-state index contributed by atoms with van der Waals surface area (Å²) in [5, 5.41) is 3.21. The molecule has 28 heavy (non-hydrogen) atoms. The topological polar surface area (TPSA) is 46.4 Å². The van der Waals surface area contributed by atoms with Crippen LogP contribution in [-0.2, 0) is 11.2 Å². The lowest BCUT2D eigenvalue weighted by Crippen LogP contribution is -2.29. The number of benzene rings is 2. The number of nitrogens with zero attached hydrogens (tertiary/aromatic N) is 2. The van der Waals surface area contributed by atoms with E-state index in [1.807, 2.05) is 92.0 Å². The van der Waals surface area contributed by atoms with Crippen molar-refractivity contribution < 1.29 is 4.79 Å². The number of carbonyl (C=O) groups is 1. The van der Waals surface area contributed by atoms with Gasteiger partial charge in [-0.05, 0) is 36.6 Å². The first-order chi connectivity index (χ1) is 13.7. The second-order valence-corrected chi connectivity index (χ2v) is 6.89.